The summed E-state index contributed by atoms with van der Waals surface area (Å²) < 4.78 is 10.6. The van der Waals surface area contributed by atoms with E-state index in [4.69, 9.17) is 32.7 Å². The van der Waals surface area contributed by atoms with Crippen molar-refractivity contribution in [3.63, 3.8) is 0 Å². The van der Waals surface area contributed by atoms with Crippen molar-refractivity contribution in [2.45, 2.75) is 13.5 Å². The van der Waals surface area contributed by atoms with Crippen LogP contribution in [0.2, 0.25) is 10.0 Å². The fourth-order valence-electron chi connectivity index (χ4n) is 2.92. The van der Waals surface area contributed by atoms with E-state index in [0.717, 1.165) is 16.9 Å². The fraction of sp³-hybridized carbons (Fsp3) is 0.227. The molecule has 1 aromatic heterocycles. The number of hydrogen-bond acceptors (Lipinski definition) is 5. The molecule has 0 amide bonds. The van der Waals surface area contributed by atoms with Gasteiger partial charge in [0.1, 0.15) is 17.3 Å². The third-order valence-electron chi connectivity index (χ3n) is 4.45. The van der Waals surface area contributed by atoms with Crippen LogP contribution in [-0.4, -0.2) is 31.0 Å². The number of nitrogens with one attached hydrogen (secondary N) is 3. The molecule has 156 valence electrons. The number of ether oxygens (including phenoxy) is 2. The maximum Gasteiger partial charge on any atom is 0.148 e. The molecule has 2 aromatic carbocycles. The molecule has 0 spiro atoms. The summed E-state index contributed by atoms with van der Waals surface area (Å²) in [6, 6.07) is 11.5. The van der Waals surface area contributed by atoms with Gasteiger partial charge in [-0.3, -0.25) is 5.10 Å². The van der Waals surface area contributed by atoms with Crippen molar-refractivity contribution in [3.05, 3.63) is 52.0 Å². The first-order chi connectivity index (χ1) is 14.6. The SMILES string of the molecule is CC#CCNc1ccccc1-c1cc(NCc2c(Cl)c(OC)cc(OC)c2Cl)n[nH]1. The highest BCUT2D eigenvalue weighted by atomic mass is 35.5. The Kier molecular flexibility index (Phi) is 7.34. The van der Waals surface area contributed by atoms with Gasteiger partial charge in [0.05, 0.1) is 36.5 Å². The Hall–Kier alpha value is -3.01. The van der Waals surface area contributed by atoms with Crippen molar-refractivity contribution >= 4 is 34.7 Å². The molecule has 6 nitrogen and oxygen atoms in total. The largest absolute Gasteiger partial charge is 0.495 e. The molecule has 0 saturated carbocycles. The molecule has 3 N–H and O–H groups in total. The predicted molar refractivity (Wildman–Crippen MR) is 123 cm³/mol. The normalized spacial score (nSPS) is 10.2. The first-order valence-electron chi connectivity index (χ1n) is 9.20. The molecule has 30 heavy (non-hydrogen) atoms. The number of nitrogens with zero attached hydrogens (tertiary/aromatic N) is 1. The van der Waals surface area contributed by atoms with Gasteiger partial charge in [0.25, 0.3) is 0 Å². The third kappa shape index (κ3) is 4.76. The molecule has 1 heterocycles. The van der Waals surface area contributed by atoms with Crippen molar-refractivity contribution in [3.8, 4) is 34.6 Å². The molecule has 8 heteroatoms. The average Bonchev–Trinajstić information content (AvgIpc) is 3.23. The highest BCUT2D eigenvalue weighted by Crippen LogP contribution is 2.40. The van der Waals surface area contributed by atoms with Crippen LogP contribution in [0.4, 0.5) is 11.5 Å². The molecule has 0 aliphatic carbocycles. The standard InChI is InChI=1S/C22H22Cl2N4O2/c1-4-5-10-25-16-9-7-6-8-14(16)17-11-20(28-27-17)26-13-15-21(23)18(29-2)12-19(30-3)22(15)24/h6-9,11-12,25H,10,13H2,1-3H3,(H2,26,27,28). The van der Waals surface area contributed by atoms with E-state index >= 15 is 0 Å². The lowest BCUT2D eigenvalue weighted by Crippen LogP contribution is -2.03. The molecular weight excluding hydrogens is 423 g/mol. The lowest BCUT2D eigenvalue weighted by Gasteiger charge is -2.14. The second-order valence-corrected chi connectivity index (χ2v) is 6.99. The molecule has 0 bridgehead atoms. The Balaban J connectivity index is 1.80. The van der Waals surface area contributed by atoms with Gasteiger partial charge in [0.15, 0.2) is 0 Å². The summed E-state index contributed by atoms with van der Waals surface area (Å²) in [5.41, 5.74) is 3.50. The van der Waals surface area contributed by atoms with Crippen LogP contribution < -0.4 is 20.1 Å². The van der Waals surface area contributed by atoms with Crippen LogP contribution >= 0.6 is 23.2 Å². The number of anilines is 2. The van der Waals surface area contributed by atoms with Crippen LogP contribution in [0, 0.1) is 11.8 Å². The zero-order chi connectivity index (χ0) is 21.5. The number of halogens is 2. The number of H-pyrrole nitrogens is 1. The van der Waals surface area contributed by atoms with Crippen molar-refractivity contribution in [2.75, 3.05) is 31.4 Å². The molecule has 0 aliphatic heterocycles. The molecule has 0 radical (unpaired) electrons. The van der Waals surface area contributed by atoms with Crippen molar-refractivity contribution < 1.29 is 9.47 Å². The fourth-order valence-corrected chi connectivity index (χ4v) is 3.56. The smallest absolute Gasteiger partial charge is 0.148 e. The van der Waals surface area contributed by atoms with Crippen LogP contribution in [0.15, 0.2) is 36.4 Å². The minimum atomic E-state index is 0.349. The summed E-state index contributed by atoms with van der Waals surface area (Å²) in [5, 5.41) is 14.8. The zero-order valence-electron chi connectivity index (χ0n) is 16.9. The average molecular weight is 445 g/mol. The number of benzene rings is 2. The van der Waals surface area contributed by atoms with Crippen molar-refractivity contribution in [2.24, 2.45) is 0 Å². The van der Waals surface area contributed by atoms with E-state index in [9.17, 15) is 0 Å². The minimum Gasteiger partial charge on any atom is -0.495 e. The van der Waals surface area contributed by atoms with Crippen LogP contribution in [0.1, 0.15) is 12.5 Å². The number of rotatable bonds is 8. The third-order valence-corrected chi connectivity index (χ3v) is 5.28. The van der Waals surface area contributed by atoms with E-state index in [1.807, 2.05) is 37.3 Å². The van der Waals surface area contributed by atoms with E-state index in [1.54, 1.807) is 20.3 Å². The van der Waals surface area contributed by atoms with Gasteiger partial charge in [-0.2, -0.15) is 5.10 Å². The Bertz CT molecular complexity index is 1060. The number of aromatic amines is 1. The van der Waals surface area contributed by atoms with E-state index < -0.39 is 0 Å². The maximum absolute atomic E-state index is 6.44. The van der Waals surface area contributed by atoms with Gasteiger partial charge >= 0.3 is 0 Å². The monoisotopic (exact) mass is 444 g/mol. The first-order valence-corrected chi connectivity index (χ1v) is 9.95. The quantitative estimate of drug-likeness (QED) is 0.403. The molecule has 0 atom stereocenters. The molecule has 0 fully saturated rings. The first kappa shape index (κ1) is 21.7. The van der Waals surface area contributed by atoms with Crippen LogP contribution in [0.25, 0.3) is 11.3 Å². The Labute approximate surface area is 185 Å². The summed E-state index contributed by atoms with van der Waals surface area (Å²) in [6.45, 7) is 2.74. The topological polar surface area (TPSA) is 71.2 Å². The summed E-state index contributed by atoms with van der Waals surface area (Å²) in [4.78, 5) is 0. The highest BCUT2D eigenvalue weighted by Gasteiger charge is 2.17. The van der Waals surface area contributed by atoms with E-state index in [0.29, 0.717) is 46.0 Å². The van der Waals surface area contributed by atoms with Crippen molar-refractivity contribution in [1.82, 2.24) is 10.2 Å². The predicted octanol–water partition coefficient (Wildman–Crippen LogP) is 5.45. The van der Waals surface area contributed by atoms with E-state index in [-0.39, 0.29) is 0 Å². The Morgan fingerprint density at radius 3 is 2.40 bits per heavy atom. The number of aromatic nitrogens is 2. The van der Waals surface area contributed by atoms with Crippen LogP contribution in [0.5, 0.6) is 11.5 Å². The van der Waals surface area contributed by atoms with Crippen molar-refractivity contribution in [1.29, 1.82) is 0 Å². The number of methoxy groups -OCH3 is 2. The molecular formula is C22H22Cl2N4O2. The van der Waals surface area contributed by atoms with Gasteiger partial charge in [-0.05, 0) is 13.0 Å². The number of hydrogen-bond donors (Lipinski definition) is 3. The lowest BCUT2D eigenvalue weighted by molar-refractivity contribution is 0.394. The van der Waals surface area contributed by atoms with Gasteiger partial charge < -0.3 is 20.1 Å². The lowest BCUT2D eigenvalue weighted by atomic mass is 10.1. The van der Waals surface area contributed by atoms with E-state index in [2.05, 4.69) is 32.7 Å². The summed E-state index contributed by atoms with van der Waals surface area (Å²) >= 11 is 12.9. The summed E-state index contributed by atoms with van der Waals surface area (Å²) in [5.74, 6) is 7.52. The van der Waals surface area contributed by atoms with Gasteiger partial charge in [-0.25, -0.2) is 0 Å². The van der Waals surface area contributed by atoms with Gasteiger partial charge in [-0.1, -0.05) is 47.3 Å². The van der Waals surface area contributed by atoms with Gasteiger partial charge in [0.2, 0.25) is 0 Å². The highest BCUT2D eigenvalue weighted by molar-refractivity contribution is 6.37. The minimum absolute atomic E-state index is 0.349. The second-order valence-electron chi connectivity index (χ2n) is 6.23. The number of para-hydroxylation sites is 1. The molecule has 3 rings (SSSR count). The van der Waals surface area contributed by atoms with Gasteiger partial charge in [0, 0.05) is 35.5 Å². The molecule has 0 saturated heterocycles. The maximum atomic E-state index is 6.44. The Morgan fingerprint density at radius 1 is 1.03 bits per heavy atom. The Morgan fingerprint density at radius 2 is 1.73 bits per heavy atom. The zero-order valence-corrected chi connectivity index (χ0v) is 18.4. The molecule has 0 unspecified atom stereocenters. The van der Waals surface area contributed by atoms with Crippen LogP contribution in [0.3, 0.4) is 0 Å². The summed E-state index contributed by atoms with van der Waals surface area (Å²) in [6.07, 6.45) is 0. The second kappa shape index (κ2) is 10.1. The van der Waals surface area contributed by atoms with Gasteiger partial charge in [-0.15, -0.1) is 5.92 Å². The molecule has 3 aromatic rings. The van der Waals surface area contributed by atoms with E-state index in [1.165, 1.54) is 0 Å². The van der Waals surface area contributed by atoms with Crippen LogP contribution in [-0.2, 0) is 6.54 Å². The summed E-state index contributed by atoms with van der Waals surface area (Å²) in [7, 11) is 3.09. The molecule has 0 aliphatic rings.